The van der Waals surface area contributed by atoms with Gasteiger partial charge in [-0.05, 0) is 12.5 Å². The maximum absolute atomic E-state index is 5.33. The van der Waals surface area contributed by atoms with Crippen molar-refractivity contribution in [2.75, 3.05) is 6.61 Å². The van der Waals surface area contributed by atoms with Crippen LogP contribution in [0.5, 0.6) is 6.01 Å². The topological polar surface area (TPSA) is 35.0 Å². The molecular formula is C10H16N2O. The van der Waals surface area contributed by atoms with Gasteiger partial charge in [-0.2, -0.15) is 0 Å². The second-order valence-corrected chi connectivity index (χ2v) is 2.94. The van der Waals surface area contributed by atoms with Gasteiger partial charge >= 0.3 is 6.01 Å². The Morgan fingerprint density at radius 3 is 2.62 bits per heavy atom. The van der Waals surface area contributed by atoms with Crippen molar-refractivity contribution in [3.05, 3.63) is 18.5 Å². The lowest BCUT2D eigenvalue weighted by Crippen LogP contribution is -2.00. The van der Waals surface area contributed by atoms with Crippen molar-refractivity contribution in [3.63, 3.8) is 0 Å². The van der Waals surface area contributed by atoms with E-state index in [1.165, 1.54) is 19.3 Å². The summed E-state index contributed by atoms with van der Waals surface area (Å²) in [7, 11) is 0. The van der Waals surface area contributed by atoms with Gasteiger partial charge in [-0.1, -0.05) is 26.2 Å². The molecule has 0 saturated heterocycles. The van der Waals surface area contributed by atoms with E-state index >= 15 is 0 Å². The first kappa shape index (κ1) is 9.96. The van der Waals surface area contributed by atoms with Gasteiger partial charge in [-0.15, -0.1) is 0 Å². The molecule has 1 aromatic rings. The molecule has 0 amide bonds. The summed E-state index contributed by atoms with van der Waals surface area (Å²) in [5.74, 6) is 0. The summed E-state index contributed by atoms with van der Waals surface area (Å²) in [6, 6.07) is 2.27. The smallest absolute Gasteiger partial charge is 0.316 e. The van der Waals surface area contributed by atoms with E-state index in [1.807, 2.05) is 0 Å². The summed E-state index contributed by atoms with van der Waals surface area (Å²) in [5, 5.41) is 0. The van der Waals surface area contributed by atoms with Gasteiger partial charge in [-0.3, -0.25) is 0 Å². The van der Waals surface area contributed by atoms with Gasteiger partial charge in [-0.25, -0.2) is 9.97 Å². The Balaban J connectivity index is 2.07. The van der Waals surface area contributed by atoms with E-state index in [2.05, 4.69) is 16.9 Å². The van der Waals surface area contributed by atoms with E-state index in [4.69, 9.17) is 4.74 Å². The van der Waals surface area contributed by atoms with E-state index in [1.54, 1.807) is 18.5 Å². The zero-order chi connectivity index (χ0) is 9.36. The molecule has 72 valence electrons. The third-order valence-electron chi connectivity index (χ3n) is 1.77. The fourth-order valence-corrected chi connectivity index (χ4v) is 1.05. The van der Waals surface area contributed by atoms with Gasteiger partial charge in [0.25, 0.3) is 0 Å². The monoisotopic (exact) mass is 180 g/mol. The first-order valence-electron chi connectivity index (χ1n) is 4.83. The largest absolute Gasteiger partial charge is 0.463 e. The molecule has 0 unspecified atom stereocenters. The Labute approximate surface area is 79.2 Å². The van der Waals surface area contributed by atoms with Crippen LogP contribution >= 0.6 is 0 Å². The van der Waals surface area contributed by atoms with Crippen molar-refractivity contribution in [3.8, 4) is 6.01 Å². The highest BCUT2D eigenvalue weighted by Crippen LogP contribution is 2.02. The van der Waals surface area contributed by atoms with Gasteiger partial charge in [0.2, 0.25) is 0 Å². The summed E-state index contributed by atoms with van der Waals surface area (Å²) < 4.78 is 5.33. The Morgan fingerprint density at radius 1 is 1.15 bits per heavy atom. The molecule has 0 aliphatic carbocycles. The van der Waals surface area contributed by atoms with Crippen LogP contribution < -0.4 is 4.74 Å². The molecule has 0 radical (unpaired) electrons. The zero-order valence-corrected chi connectivity index (χ0v) is 8.07. The summed E-state index contributed by atoms with van der Waals surface area (Å²) in [6.45, 7) is 2.92. The van der Waals surface area contributed by atoms with Crippen molar-refractivity contribution in [2.24, 2.45) is 0 Å². The molecule has 0 atom stereocenters. The highest BCUT2D eigenvalue weighted by molar-refractivity contribution is 4.92. The van der Waals surface area contributed by atoms with Gasteiger partial charge in [0.15, 0.2) is 0 Å². The molecule has 0 aliphatic rings. The summed E-state index contributed by atoms with van der Waals surface area (Å²) in [6.07, 6.45) is 8.22. The molecular weight excluding hydrogens is 164 g/mol. The standard InChI is InChI=1S/C10H16N2O/c1-2-3-4-5-9-13-10-11-7-6-8-12-10/h6-8H,2-5,9H2,1H3. The fraction of sp³-hybridized carbons (Fsp3) is 0.600. The van der Waals surface area contributed by atoms with Crippen LogP contribution in [0.25, 0.3) is 0 Å². The van der Waals surface area contributed by atoms with Crippen LogP contribution in [-0.2, 0) is 0 Å². The van der Waals surface area contributed by atoms with E-state index in [0.29, 0.717) is 6.01 Å². The van der Waals surface area contributed by atoms with Crippen molar-refractivity contribution < 1.29 is 4.74 Å². The molecule has 0 aliphatic heterocycles. The first-order valence-corrected chi connectivity index (χ1v) is 4.83. The molecule has 0 spiro atoms. The van der Waals surface area contributed by atoms with Crippen LogP contribution in [0.2, 0.25) is 0 Å². The lowest BCUT2D eigenvalue weighted by Gasteiger charge is -2.02. The number of rotatable bonds is 6. The first-order chi connectivity index (χ1) is 6.43. The lowest BCUT2D eigenvalue weighted by molar-refractivity contribution is 0.281. The SMILES string of the molecule is CCCCCCOc1ncccn1. The summed E-state index contributed by atoms with van der Waals surface area (Å²) >= 11 is 0. The van der Waals surface area contributed by atoms with Crippen LogP contribution in [0.4, 0.5) is 0 Å². The van der Waals surface area contributed by atoms with Crippen LogP contribution in [-0.4, -0.2) is 16.6 Å². The molecule has 1 heterocycles. The lowest BCUT2D eigenvalue weighted by atomic mass is 10.2. The fourth-order valence-electron chi connectivity index (χ4n) is 1.05. The minimum absolute atomic E-state index is 0.485. The third-order valence-corrected chi connectivity index (χ3v) is 1.77. The van der Waals surface area contributed by atoms with Gasteiger partial charge < -0.3 is 4.74 Å². The minimum atomic E-state index is 0.485. The van der Waals surface area contributed by atoms with Gasteiger partial charge in [0.1, 0.15) is 0 Å². The minimum Gasteiger partial charge on any atom is -0.463 e. The average molecular weight is 180 g/mol. The van der Waals surface area contributed by atoms with Crippen molar-refractivity contribution >= 4 is 0 Å². The number of ether oxygens (including phenoxy) is 1. The molecule has 1 rings (SSSR count). The van der Waals surface area contributed by atoms with E-state index in [9.17, 15) is 0 Å². The predicted octanol–water partition coefficient (Wildman–Crippen LogP) is 2.44. The molecule has 0 fully saturated rings. The molecule has 1 aromatic heterocycles. The summed E-state index contributed by atoms with van der Waals surface area (Å²) in [4.78, 5) is 7.93. The highest BCUT2D eigenvalue weighted by atomic mass is 16.5. The molecule has 0 N–H and O–H groups in total. The Morgan fingerprint density at radius 2 is 1.92 bits per heavy atom. The maximum atomic E-state index is 5.33. The van der Waals surface area contributed by atoms with E-state index in [0.717, 1.165) is 13.0 Å². The number of hydrogen-bond acceptors (Lipinski definition) is 3. The molecule has 13 heavy (non-hydrogen) atoms. The van der Waals surface area contributed by atoms with Crippen LogP contribution in [0.3, 0.4) is 0 Å². The van der Waals surface area contributed by atoms with Crippen molar-refractivity contribution in [1.29, 1.82) is 0 Å². The molecule has 3 nitrogen and oxygen atoms in total. The van der Waals surface area contributed by atoms with Crippen LogP contribution in [0, 0.1) is 0 Å². The normalized spacial score (nSPS) is 9.92. The van der Waals surface area contributed by atoms with Gasteiger partial charge in [0.05, 0.1) is 6.61 Å². The van der Waals surface area contributed by atoms with Crippen LogP contribution in [0.1, 0.15) is 32.6 Å². The Kier molecular flexibility index (Phi) is 4.91. The van der Waals surface area contributed by atoms with Crippen molar-refractivity contribution in [1.82, 2.24) is 9.97 Å². The Bertz CT molecular complexity index is 213. The van der Waals surface area contributed by atoms with Crippen LogP contribution in [0.15, 0.2) is 18.5 Å². The maximum Gasteiger partial charge on any atom is 0.316 e. The predicted molar refractivity (Wildman–Crippen MR) is 51.7 cm³/mol. The number of unbranched alkanes of at least 4 members (excludes halogenated alkanes) is 3. The average Bonchev–Trinajstić information content (AvgIpc) is 2.19. The van der Waals surface area contributed by atoms with E-state index in [-0.39, 0.29) is 0 Å². The highest BCUT2D eigenvalue weighted by Gasteiger charge is 1.93. The Hall–Kier alpha value is -1.12. The number of hydrogen-bond donors (Lipinski definition) is 0. The number of nitrogens with zero attached hydrogens (tertiary/aromatic N) is 2. The second kappa shape index (κ2) is 6.40. The molecule has 0 saturated carbocycles. The molecule has 0 aromatic carbocycles. The van der Waals surface area contributed by atoms with Gasteiger partial charge in [0, 0.05) is 12.4 Å². The van der Waals surface area contributed by atoms with Crippen molar-refractivity contribution in [2.45, 2.75) is 32.6 Å². The quantitative estimate of drug-likeness (QED) is 0.631. The van der Waals surface area contributed by atoms with E-state index < -0.39 is 0 Å². The molecule has 3 heteroatoms. The molecule has 0 bridgehead atoms. The second-order valence-electron chi connectivity index (χ2n) is 2.94. The zero-order valence-electron chi connectivity index (χ0n) is 8.07. The third kappa shape index (κ3) is 4.45. The number of aromatic nitrogens is 2. The summed E-state index contributed by atoms with van der Waals surface area (Å²) in [5.41, 5.74) is 0.